The number of nitrogens with zero attached hydrogens (tertiary/aromatic N) is 1. The molecule has 0 aliphatic carbocycles. The molecule has 6 heteroatoms. The van der Waals surface area contributed by atoms with E-state index in [-0.39, 0.29) is 18.2 Å². The molecule has 1 N–H and O–H groups in total. The van der Waals surface area contributed by atoms with E-state index in [1.165, 1.54) is 7.11 Å². The molecule has 1 aromatic carbocycles. The van der Waals surface area contributed by atoms with Crippen molar-refractivity contribution in [1.29, 1.82) is 0 Å². The average Bonchev–Trinajstić information content (AvgIpc) is 2.89. The number of carbonyl (C=O) groups excluding carboxylic acids is 3. The van der Waals surface area contributed by atoms with Gasteiger partial charge in [-0.15, -0.1) is 0 Å². The van der Waals surface area contributed by atoms with Gasteiger partial charge >= 0.3 is 5.97 Å². The van der Waals surface area contributed by atoms with E-state index in [4.69, 9.17) is 0 Å². The van der Waals surface area contributed by atoms with Gasteiger partial charge in [-0.25, -0.2) is 4.79 Å². The topological polar surface area (TPSA) is 75.7 Å². The fourth-order valence-corrected chi connectivity index (χ4v) is 2.46. The Morgan fingerprint density at radius 2 is 1.91 bits per heavy atom. The number of benzene rings is 1. The van der Waals surface area contributed by atoms with Gasteiger partial charge in [-0.2, -0.15) is 0 Å². The number of esters is 1. The molecule has 1 saturated heterocycles. The Balaban J connectivity index is 2.05. The molecular weight excluding hydrogens is 284 g/mol. The van der Waals surface area contributed by atoms with Crippen molar-refractivity contribution in [3.8, 4) is 0 Å². The Labute approximate surface area is 129 Å². The predicted octanol–water partition coefficient (Wildman–Crippen LogP) is 1.11. The van der Waals surface area contributed by atoms with Crippen molar-refractivity contribution in [1.82, 2.24) is 5.32 Å². The summed E-state index contributed by atoms with van der Waals surface area (Å²) < 4.78 is 4.66. The van der Waals surface area contributed by atoms with E-state index in [0.717, 1.165) is 5.69 Å². The molecule has 1 aromatic rings. The number of hydrogen-bond acceptors (Lipinski definition) is 4. The molecule has 0 saturated carbocycles. The lowest BCUT2D eigenvalue weighted by Crippen LogP contribution is -2.52. The van der Waals surface area contributed by atoms with Gasteiger partial charge in [-0.05, 0) is 26.0 Å². The van der Waals surface area contributed by atoms with Crippen molar-refractivity contribution in [2.24, 2.45) is 5.92 Å². The van der Waals surface area contributed by atoms with Crippen LogP contribution in [0.3, 0.4) is 0 Å². The van der Waals surface area contributed by atoms with Crippen LogP contribution in [0.4, 0.5) is 5.69 Å². The fourth-order valence-electron chi connectivity index (χ4n) is 2.46. The van der Waals surface area contributed by atoms with E-state index in [1.807, 2.05) is 30.3 Å². The van der Waals surface area contributed by atoms with Crippen molar-refractivity contribution >= 4 is 23.5 Å². The molecule has 0 radical (unpaired) electrons. The molecule has 1 atom stereocenters. The molecular formula is C16H20N2O4. The van der Waals surface area contributed by atoms with Gasteiger partial charge < -0.3 is 15.0 Å². The van der Waals surface area contributed by atoms with Crippen molar-refractivity contribution in [2.45, 2.75) is 25.8 Å². The number of rotatable bonds is 4. The van der Waals surface area contributed by atoms with Gasteiger partial charge in [0.1, 0.15) is 5.54 Å². The number of nitrogens with one attached hydrogen (secondary N) is 1. The van der Waals surface area contributed by atoms with Crippen LogP contribution in [0.15, 0.2) is 30.3 Å². The first kappa shape index (κ1) is 16.0. The molecule has 1 fully saturated rings. The third kappa shape index (κ3) is 3.27. The second-order valence-corrected chi connectivity index (χ2v) is 5.85. The number of methoxy groups -OCH3 is 1. The summed E-state index contributed by atoms with van der Waals surface area (Å²) >= 11 is 0. The summed E-state index contributed by atoms with van der Waals surface area (Å²) in [4.78, 5) is 37.6. The molecule has 1 heterocycles. The molecule has 2 rings (SSSR count). The van der Waals surface area contributed by atoms with Crippen LogP contribution >= 0.6 is 0 Å². The van der Waals surface area contributed by atoms with E-state index >= 15 is 0 Å². The van der Waals surface area contributed by atoms with Gasteiger partial charge in [0, 0.05) is 18.7 Å². The van der Waals surface area contributed by atoms with Gasteiger partial charge in [0.05, 0.1) is 13.0 Å². The first-order valence-corrected chi connectivity index (χ1v) is 7.11. The van der Waals surface area contributed by atoms with Crippen LogP contribution in [0.2, 0.25) is 0 Å². The Hall–Kier alpha value is -2.37. The zero-order valence-corrected chi connectivity index (χ0v) is 13.0. The van der Waals surface area contributed by atoms with E-state index in [0.29, 0.717) is 6.54 Å². The van der Waals surface area contributed by atoms with Crippen LogP contribution in [0, 0.1) is 5.92 Å². The Morgan fingerprint density at radius 1 is 1.27 bits per heavy atom. The van der Waals surface area contributed by atoms with E-state index in [9.17, 15) is 14.4 Å². The SMILES string of the molecule is COC(=O)C(C)(C)NC(=O)[C@@H]1CC(=O)N(c2ccccc2)C1. The number of amides is 2. The lowest BCUT2D eigenvalue weighted by molar-refractivity contribution is -0.149. The zero-order valence-electron chi connectivity index (χ0n) is 13.0. The molecule has 2 amide bonds. The van der Waals surface area contributed by atoms with E-state index in [2.05, 4.69) is 10.1 Å². The standard InChI is InChI=1S/C16H20N2O4/c1-16(2,15(21)22-3)17-14(20)11-9-13(19)18(10-11)12-7-5-4-6-8-12/h4-8,11H,9-10H2,1-3H3,(H,17,20)/t11-/m1/s1. The molecule has 118 valence electrons. The second-order valence-electron chi connectivity index (χ2n) is 5.85. The quantitative estimate of drug-likeness (QED) is 0.845. The monoisotopic (exact) mass is 304 g/mol. The number of hydrogen-bond donors (Lipinski definition) is 1. The highest BCUT2D eigenvalue weighted by Gasteiger charge is 2.39. The summed E-state index contributed by atoms with van der Waals surface area (Å²) in [5.41, 5.74) is -0.343. The lowest BCUT2D eigenvalue weighted by Gasteiger charge is -2.24. The van der Waals surface area contributed by atoms with Crippen LogP contribution in [-0.4, -0.2) is 37.0 Å². The normalized spacial score (nSPS) is 18.2. The Bertz CT molecular complexity index is 583. The second kappa shape index (κ2) is 6.17. The molecule has 0 aromatic heterocycles. The predicted molar refractivity (Wildman–Crippen MR) is 81.1 cm³/mol. The summed E-state index contributed by atoms with van der Waals surface area (Å²) in [5.74, 6) is -1.41. The van der Waals surface area contributed by atoms with Gasteiger partial charge in [0.25, 0.3) is 0 Å². The Morgan fingerprint density at radius 3 is 2.50 bits per heavy atom. The van der Waals surface area contributed by atoms with Crippen molar-refractivity contribution in [2.75, 3.05) is 18.6 Å². The third-order valence-corrected chi connectivity index (χ3v) is 3.70. The molecule has 0 bridgehead atoms. The minimum Gasteiger partial charge on any atom is -0.467 e. The van der Waals surface area contributed by atoms with Crippen LogP contribution in [0.25, 0.3) is 0 Å². The van der Waals surface area contributed by atoms with Crippen LogP contribution in [0.5, 0.6) is 0 Å². The molecule has 1 aliphatic rings. The summed E-state index contributed by atoms with van der Waals surface area (Å²) in [6, 6.07) is 9.22. The summed E-state index contributed by atoms with van der Waals surface area (Å²) in [5, 5.41) is 2.65. The van der Waals surface area contributed by atoms with Gasteiger partial charge in [-0.3, -0.25) is 9.59 Å². The van der Waals surface area contributed by atoms with Crippen LogP contribution in [0.1, 0.15) is 20.3 Å². The zero-order chi connectivity index (χ0) is 16.3. The van der Waals surface area contributed by atoms with Crippen LogP contribution in [-0.2, 0) is 19.1 Å². The maximum absolute atomic E-state index is 12.3. The number of ether oxygens (including phenoxy) is 1. The van der Waals surface area contributed by atoms with Gasteiger partial charge in [-0.1, -0.05) is 18.2 Å². The highest BCUT2D eigenvalue weighted by molar-refractivity contribution is 6.01. The number of para-hydroxylation sites is 1. The maximum atomic E-state index is 12.3. The molecule has 1 aliphatic heterocycles. The highest BCUT2D eigenvalue weighted by atomic mass is 16.5. The van der Waals surface area contributed by atoms with E-state index < -0.39 is 17.4 Å². The molecule has 22 heavy (non-hydrogen) atoms. The van der Waals surface area contributed by atoms with Crippen molar-refractivity contribution < 1.29 is 19.1 Å². The van der Waals surface area contributed by atoms with Crippen molar-refractivity contribution in [3.63, 3.8) is 0 Å². The maximum Gasteiger partial charge on any atom is 0.330 e. The molecule has 6 nitrogen and oxygen atoms in total. The molecule has 0 unspecified atom stereocenters. The smallest absolute Gasteiger partial charge is 0.330 e. The highest BCUT2D eigenvalue weighted by Crippen LogP contribution is 2.25. The fraction of sp³-hybridized carbons (Fsp3) is 0.438. The summed E-state index contributed by atoms with van der Waals surface area (Å²) in [6.07, 6.45) is 0.137. The van der Waals surface area contributed by atoms with Crippen molar-refractivity contribution in [3.05, 3.63) is 30.3 Å². The molecule has 0 spiro atoms. The lowest BCUT2D eigenvalue weighted by atomic mass is 10.0. The summed E-state index contributed by atoms with van der Waals surface area (Å²) in [7, 11) is 1.27. The first-order valence-electron chi connectivity index (χ1n) is 7.11. The number of anilines is 1. The van der Waals surface area contributed by atoms with Crippen LogP contribution < -0.4 is 10.2 Å². The number of carbonyl (C=O) groups is 3. The largest absolute Gasteiger partial charge is 0.467 e. The van der Waals surface area contributed by atoms with E-state index in [1.54, 1.807) is 18.7 Å². The summed E-state index contributed by atoms with van der Waals surface area (Å²) in [6.45, 7) is 3.46. The van der Waals surface area contributed by atoms with Gasteiger partial charge in [0.15, 0.2) is 0 Å². The average molecular weight is 304 g/mol. The third-order valence-electron chi connectivity index (χ3n) is 3.70. The Kier molecular flexibility index (Phi) is 4.49. The minimum absolute atomic E-state index is 0.0952. The van der Waals surface area contributed by atoms with Gasteiger partial charge in [0.2, 0.25) is 11.8 Å². The first-order chi connectivity index (χ1) is 10.3. The minimum atomic E-state index is -1.12.